The summed E-state index contributed by atoms with van der Waals surface area (Å²) in [6.07, 6.45) is 1.04. The fourth-order valence-electron chi connectivity index (χ4n) is 2.69. The number of anilines is 1. The smallest absolute Gasteiger partial charge is 0.227 e. The number of thioether (sulfide) groups is 1. The zero-order valence-corrected chi connectivity index (χ0v) is 12.8. The number of hydrogen-bond donors (Lipinski definition) is 1. The summed E-state index contributed by atoms with van der Waals surface area (Å²) >= 11 is 2.03. The van der Waals surface area contributed by atoms with Crippen LogP contribution in [0.25, 0.3) is 0 Å². The molecule has 1 aromatic carbocycles. The van der Waals surface area contributed by atoms with E-state index in [1.807, 2.05) is 23.9 Å². The van der Waals surface area contributed by atoms with Crippen molar-refractivity contribution in [2.75, 3.05) is 29.9 Å². The Bertz CT molecular complexity index is 485. The number of nitrogens with zero attached hydrogens (tertiary/aromatic N) is 1. The van der Waals surface area contributed by atoms with Gasteiger partial charge in [0.1, 0.15) is 0 Å². The Labute approximate surface area is 125 Å². The highest BCUT2D eigenvalue weighted by Gasteiger charge is 2.39. The number of nitrogens with one attached hydrogen (secondary N) is 1. The molecule has 1 saturated heterocycles. The Kier molecular flexibility index (Phi) is 4.32. The van der Waals surface area contributed by atoms with E-state index in [1.165, 1.54) is 17.1 Å². The van der Waals surface area contributed by atoms with Crippen molar-refractivity contribution >= 4 is 23.4 Å². The minimum Gasteiger partial charge on any atom is -0.326 e. The number of carbonyl (C=O) groups excluding carboxylic acids is 1. The maximum Gasteiger partial charge on any atom is 0.227 e. The van der Waals surface area contributed by atoms with Crippen LogP contribution in [-0.2, 0) is 11.3 Å². The Morgan fingerprint density at radius 1 is 1.35 bits per heavy atom. The van der Waals surface area contributed by atoms with Gasteiger partial charge in [-0.1, -0.05) is 25.1 Å². The summed E-state index contributed by atoms with van der Waals surface area (Å²) in [5.41, 5.74) is 2.23. The molecule has 0 aromatic heterocycles. The van der Waals surface area contributed by atoms with E-state index in [0.717, 1.165) is 31.7 Å². The first-order valence-corrected chi connectivity index (χ1v) is 8.58. The maximum absolute atomic E-state index is 12.1. The molecule has 1 heterocycles. The number of hydrogen-bond acceptors (Lipinski definition) is 3. The van der Waals surface area contributed by atoms with E-state index in [-0.39, 0.29) is 11.8 Å². The summed E-state index contributed by atoms with van der Waals surface area (Å²) in [5.74, 6) is 3.41. The minimum atomic E-state index is 0.194. The average Bonchev–Trinajstić information content (AvgIpc) is 3.19. The molecule has 0 bridgehead atoms. The first kappa shape index (κ1) is 14.0. The maximum atomic E-state index is 12.1. The van der Waals surface area contributed by atoms with Gasteiger partial charge >= 0.3 is 0 Å². The molecule has 1 N–H and O–H groups in total. The molecule has 0 spiro atoms. The van der Waals surface area contributed by atoms with Gasteiger partial charge in [0.25, 0.3) is 0 Å². The van der Waals surface area contributed by atoms with E-state index in [2.05, 4.69) is 29.3 Å². The van der Waals surface area contributed by atoms with Crippen molar-refractivity contribution in [3.05, 3.63) is 29.8 Å². The lowest BCUT2D eigenvalue weighted by atomic mass is 10.1. The fraction of sp³-hybridized carbons (Fsp3) is 0.562. The van der Waals surface area contributed by atoms with Gasteiger partial charge in [-0.05, 0) is 24.0 Å². The standard InChI is InChI=1S/C16H22N2OS/c1-12-10-14(12)16(19)17-15-5-3-2-4-13(15)11-18-6-8-20-9-7-18/h2-5,12,14H,6-11H2,1H3,(H,17,19)/t12-,14+/m0/s1. The van der Waals surface area contributed by atoms with E-state index < -0.39 is 0 Å². The molecular weight excluding hydrogens is 268 g/mol. The van der Waals surface area contributed by atoms with E-state index in [9.17, 15) is 4.79 Å². The fourth-order valence-corrected chi connectivity index (χ4v) is 3.67. The van der Waals surface area contributed by atoms with Crippen LogP contribution in [-0.4, -0.2) is 35.4 Å². The van der Waals surface area contributed by atoms with E-state index >= 15 is 0 Å². The molecule has 1 amide bonds. The van der Waals surface area contributed by atoms with Crippen molar-refractivity contribution in [3.63, 3.8) is 0 Å². The van der Waals surface area contributed by atoms with E-state index in [0.29, 0.717) is 5.92 Å². The molecule has 2 aliphatic rings. The molecule has 2 fully saturated rings. The minimum absolute atomic E-state index is 0.194. The van der Waals surface area contributed by atoms with Crippen molar-refractivity contribution in [1.29, 1.82) is 0 Å². The van der Waals surface area contributed by atoms with Crippen LogP contribution >= 0.6 is 11.8 Å². The number of para-hydroxylation sites is 1. The van der Waals surface area contributed by atoms with Crippen molar-refractivity contribution < 1.29 is 4.79 Å². The van der Waals surface area contributed by atoms with Crippen molar-refractivity contribution in [2.24, 2.45) is 11.8 Å². The third kappa shape index (κ3) is 3.36. The first-order valence-electron chi connectivity index (χ1n) is 7.43. The molecule has 3 rings (SSSR count). The Balaban J connectivity index is 1.65. The number of carbonyl (C=O) groups is 1. The van der Waals surface area contributed by atoms with Crippen LogP contribution < -0.4 is 5.32 Å². The second-order valence-electron chi connectivity index (χ2n) is 5.85. The SMILES string of the molecule is C[C@H]1C[C@H]1C(=O)Nc1ccccc1CN1CCSCC1. The molecule has 1 aliphatic carbocycles. The van der Waals surface area contributed by atoms with Crippen molar-refractivity contribution in [3.8, 4) is 0 Å². The highest BCUT2D eigenvalue weighted by molar-refractivity contribution is 7.99. The van der Waals surface area contributed by atoms with Gasteiger partial charge in [0.15, 0.2) is 0 Å². The topological polar surface area (TPSA) is 32.3 Å². The number of benzene rings is 1. The molecule has 1 aliphatic heterocycles. The van der Waals surface area contributed by atoms with Crippen molar-refractivity contribution in [2.45, 2.75) is 19.9 Å². The van der Waals surface area contributed by atoms with Gasteiger partial charge in [0, 0.05) is 42.7 Å². The van der Waals surface area contributed by atoms with Gasteiger partial charge in [0.05, 0.1) is 0 Å². The quantitative estimate of drug-likeness (QED) is 0.925. The lowest BCUT2D eigenvalue weighted by molar-refractivity contribution is -0.117. The van der Waals surface area contributed by atoms with Crippen LogP contribution in [0.1, 0.15) is 18.9 Å². The number of amides is 1. The average molecular weight is 290 g/mol. The Morgan fingerprint density at radius 2 is 2.05 bits per heavy atom. The summed E-state index contributed by atoms with van der Waals surface area (Å²) in [5, 5.41) is 3.12. The van der Waals surface area contributed by atoms with Gasteiger partial charge in [0.2, 0.25) is 5.91 Å². The van der Waals surface area contributed by atoms with Crippen LogP contribution in [0, 0.1) is 11.8 Å². The zero-order valence-electron chi connectivity index (χ0n) is 12.0. The monoisotopic (exact) mass is 290 g/mol. The molecule has 20 heavy (non-hydrogen) atoms. The normalized spacial score (nSPS) is 26.2. The van der Waals surface area contributed by atoms with Crippen LogP contribution in [0.3, 0.4) is 0 Å². The van der Waals surface area contributed by atoms with Crippen LogP contribution in [0.2, 0.25) is 0 Å². The highest BCUT2D eigenvalue weighted by Crippen LogP contribution is 2.38. The molecule has 0 unspecified atom stereocenters. The van der Waals surface area contributed by atoms with Gasteiger partial charge in [-0.3, -0.25) is 9.69 Å². The molecule has 1 saturated carbocycles. The second-order valence-corrected chi connectivity index (χ2v) is 7.08. The summed E-state index contributed by atoms with van der Waals surface area (Å²) in [6, 6.07) is 8.22. The first-order chi connectivity index (χ1) is 9.74. The van der Waals surface area contributed by atoms with E-state index in [4.69, 9.17) is 0 Å². The van der Waals surface area contributed by atoms with Crippen LogP contribution in [0.15, 0.2) is 24.3 Å². The Morgan fingerprint density at radius 3 is 2.75 bits per heavy atom. The molecule has 0 radical (unpaired) electrons. The largest absolute Gasteiger partial charge is 0.326 e. The van der Waals surface area contributed by atoms with Crippen LogP contribution in [0.4, 0.5) is 5.69 Å². The Hall–Kier alpha value is -1.00. The third-order valence-electron chi connectivity index (χ3n) is 4.22. The molecule has 4 heteroatoms. The molecular formula is C16H22N2OS. The molecule has 108 valence electrons. The molecule has 2 atom stereocenters. The predicted molar refractivity (Wildman–Crippen MR) is 84.9 cm³/mol. The summed E-state index contributed by atoms with van der Waals surface area (Å²) in [4.78, 5) is 14.6. The van der Waals surface area contributed by atoms with Gasteiger partial charge in [-0.25, -0.2) is 0 Å². The van der Waals surface area contributed by atoms with Crippen LogP contribution in [0.5, 0.6) is 0 Å². The zero-order chi connectivity index (χ0) is 13.9. The summed E-state index contributed by atoms with van der Waals surface area (Å²) < 4.78 is 0. The van der Waals surface area contributed by atoms with Gasteiger partial charge in [-0.2, -0.15) is 11.8 Å². The molecule has 3 nitrogen and oxygen atoms in total. The number of rotatable bonds is 4. The van der Waals surface area contributed by atoms with Gasteiger partial charge < -0.3 is 5.32 Å². The predicted octanol–water partition coefficient (Wildman–Crippen LogP) is 2.83. The van der Waals surface area contributed by atoms with E-state index in [1.54, 1.807) is 0 Å². The third-order valence-corrected chi connectivity index (χ3v) is 5.16. The lowest BCUT2D eigenvalue weighted by Crippen LogP contribution is -2.32. The lowest BCUT2D eigenvalue weighted by Gasteiger charge is -2.27. The van der Waals surface area contributed by atoms with Gasteiger partial charge in [-0.15, -0.1) is 0 Å². The summed E-state index contributed by atoms with van der Waals surface area (Å²) in [6.45, 7) is 5.37. The second kappa shape index (κ2) is 6.19. The molecule has 1 aromatic rings. The van der Waals surface area contributed by atoms with Crippen molar-refractivity contribution in [1.82, 2.24) is 4.90 Å². The summed E-state index contributed by atoms with van der Waals surface area (Å²) in [7, 11) is 0. The highest BCUT2D eigenvalue weighted by atomic mass is 32.2.